The first kappa shape index (κ1) is 13.3. The summed E-state index contributed by atoms with van der Waals surface area (Å²) in [4.78, 5) is 13.9. The van der Waals surface area contributed by atoms with Crippen molar-refractivity contribution in [2.24, 2.45) is 12.8 Å². The Morgan fingerprint density at radius 1 is 1.50 bits per heavy atom. The minimum Gasteiger partial charge on any atom is -0.329 e. The van der Waals surface area contributed by atoms with E-state index < -0.39 is 0 Å². The van der Waals surface area contributed by atoms with E-state index in [4.69, 9.17) is 5.73 Å². The Labute approximate surface area is 111 Å². The normalized spacial score (nSPS) is 13.4. The molecule has 0 bridgehead atoms. The fourth-order valence-corrected chi connectivity index (χ4v) is 2.84. The van der Waals surface area contributed by atoms with Crippen LogP contribution < -0.4 is 10.6 Å². The predicted molar refractivity (Wildman–Crippen MR) is 77.0 cm³/mol. The third-order valence-electron chi connectivity index (χ3n) is 3.38. The molecule has 0 spiro atoms. The number of thiazole rings is 1. The van der Waals surface area contributed by atoms with Crippen LogP contribution in [-0.4, -0.2) is 29.1 Å². The maximum atomic E-state index is 11.6. The summed E-state index contributed by atoms with van der Waals surface area (Å²) in [6.45, 7) is 3.61. The van der Waals surface area contributed by atoms with Crippen LogP contribution >= 0.6 is 11.3 Å². The van der Waals surface area contributed by atoms with Gasteiger partial charge in [0.15, 0.2) is 0 Å². The van der Waals surface area contributed by atoms with Crippen molar-refractivity contribution < 1.29 is 0 Å². The van der Waals surface area contributed by atoms with Gasteiger partial charge in [-0.1, -0.05) is 17.4 Å². The number of nitrogens with zero attached hydrogens (tertiary/aromatic N) is 2. The molecule has 0 aliphatic rings. The molecule has 1 heterocycles. The largest absolute Gasteiger partial charge is 0.329 e. The van der Waals surface area contributed by atoms with Gasteiger partial charge in [0.1, 0.15) is 0 Å². The first-order valence-corrected chi connectivity index (χ1v) is 6.83. The molecule has 4 nitrogen and oxygen atoms in total. The number of nitrogens with two attached hydrogens (primary N) is 1. The van der Waals surface area contributed by atoms with Crippen molar-refractivity contribution in [3.8, 4) is 0 Å². The number of hydrogen-bond donors (Lipinski definition) is 1. The number of rotatable bonds is 4. The molecule has 2 aromatic rings. The highest BCUT2D eigenvalue weighted by Gasteiger charge is 2.09. The van der Waals surface area contributed by atoms with Gasteiger partial charge in [0.2, 0.25) is 0 Å². The first-order valence-electron chi connectivity index (χ1n) is 6.01. The second kappa shape index (κ2) is 5.22. The van der Waals surface area contributed by atoms with Gasteiger partial charge in [-0.15, -0.1) is 0 Å². The van der Waals surface area contributed by atoms with Crippen LogP contribution in [0, 0.1) is 0 Å². The summed E-state index contributed by atoms with van der Waals surface area (Å²) in [7, 11) is 3.87. The van der Waals surface area contributed by atoms with Crippen molar-refractivity contribution in [2.75, 3.05) is 13.6 Å². The molecule has 1 atom stereocenters. The van der Waals surface area contributed by atoms with Gasteiger partial charge in [0, 0.05) is 26.2 Å². The van der Waals surface area contributed by atoms with Gasteiger partial charge >= 0.3 is 4.87 Å². The van der Waals surface area contributed by atoms with Gasteiger partial charge in [-0.2, -0.15) is 0 Å². The minimum atomic E-state index is 0.0887. The quantitative estimate of drug-likeness (QED) is 0.908. The summed E-state index contributed by atoms with van der Waals surface area (Å²) in [5.74, 6) is 0. The van der Waals surface area contributed by atoms with Crippen molar-refractivity contribution in [3.05, 3.63) is 33.4 Å². The standard InChI is InChI=1S/C13H19N3OS/c1-9(7-14)15(2)8-10-4-5-11-12(6-10)18-13(17)16(11)3/h4-6,9H,7-8,14H2,1-3H3. The van der Waals surface area contributed by atoms with Crippen molar-refractivity contribution in [1.82, 2.24) is 9.47 Å². The molecule has 18 heavy (non-hydrogen) atoms. The van der Waals surface area contributed by atoms with Crippen LogP contribution in [0.4, 0.5) is 0 Å². The highest BCUT2D eigenvalue weighted by molar-refractivity contribution is 7.16. The van der Waals surface area contributed by atoms with Crippen LogP contribution in [0.3, 0.4) is 0 Å². The van der Waals surface area contributed by atoms with Crippen LogP contribution in [0.1, 0.15) is 12.5 Å². The number of fused-ring (bicyclic) bond motifs is 1. The second-order valence-corrected chi connectivity index (χ2v) is 5.72. The van der Waals surface area contributed by atoms with Crippen LogP contribution in [0.15, 0.2) is 23.0 Å². The number of aromatic nitrogens is 1. The topological polar surface area (TPSA) is 51.3 Å². The molecule has 0 aliphatic heterocycles. The summed E-state index contributed by atoms with van der Waals surface area (Å²) < 4.78 is 2.74. The zero-order chi connectivity index (χ0) is 13.3. The molecule has 0 radical (unpaired) electrons. The molecule has 2 rings (SSSR count). The smallest absolute Gasteiger partial charge is 0.307 e. The summed E-state index contributed by atoms with van der Waals surface area (Å²) in [6, 6.07) is 6.55. The fraction of sp³-hybridized carbons (Fsp3) is 0.462. The van der Waals surface area contributed by atoms with Gasteiger partial charge < -0.3 is 10.3 Å². The summed E-state index contributed by atoms with van der Waals surface area (Å²) in [6.07, 6.45) is 0. The number of likely N-dealkylation sites (N-methyl/N-ethyl adjacent to an activating group) is 1. The van der Waals surface area contributed by atoms with Gasteiger partial charge in [-0.05, 0) is 31.7 Å². The fourth-order valence-electron chi connectivity index (χ4n) is 1.90. The lowest BCUT2D eigenvalue weighted by Crippen LogP contribution is -2.34. The van der Waals surface area contributed by atoms with E-state index in [2.05, 4.69) is 31.0 Å². The van der Waals surface area contributed by atoms with E-state index >= 15 is 0 Å². The molecule has 5 heteroatoms. The van der Waals surface area contributed by atoms with Gasteiger partial charge in [0.05, 0.1) is 10.2 Å². The van der Waals surface area contributed by atoms with E-state index in [0.717, 1.165) is 16.8 Å². The lowest BCUT2D eigenvalue weighted by molar-refractivity contribution is 0.255. The lowest BCUT2D eigenvalue weighted by Gasteiger charge is -2.23. The highest BCUT2D eigenvalue weighted by atomic mass is 32.1. The number of aryl methyl sites for hydroxylation is 1. The Hall–Kier alpha value is -1.17. The molecule has 98 valence electrons. The molecule has 0 amide bonds. The van der Waals surface area contributed by atoms with Crippen molar-refractivity contribution >= 4 is 21.6 Å². The zero-order valence-electron chi connectivity index (χ0n) is 11.0. The third kappa shape index (κ3) is 2.48. The molecule has 0 saturated carbocycles. The molecule has 0 aliphatic carbocycles. The Morgan fingerprint density at radius 2 is 2.22 bits per heavy atom. The predicted octanol–water partition coefficient (Wildman–Crippen LogP) is 1.38. The molecule has 1 unspecified atom stereocenters. The highest BCUT2D eigenvalue weighted by Crippen LogP contribution is 2.19. The lowest BCUT2D eigenvalue weighted by atomic mass is 10.2. The first-order chi connectivity index (χ1) is 8.52. The van der Waals surface area contributed by atoms with Crippen LogP contribution in [0.2, 0.25) is 0 Å². The molecule has 1 aromatic heterocycles. The maximum absolute atomic E-state index is 11.6. The van der Waals surface area contributed by atoms with Crippen molar-refractivity contribution in [2.45, 2.75) is 19.5 Å². The maximum Gasteiger partial charge on any atom is 0.307 e. The minimum absolute atomic E-state index is 0.0887. The van der Waals surface area contributed by atoms with E-state index in [1.165, 1.54) is 16.9 Å². The molecule has 0 fully saturated rings. The van der Waals surface area contributed by atoms with E-state index in [0.29, 0.717) is 12.6 Å². The zero-order valence-corrected chi connectivity index (χ0v) is 11.8. The average molecular weight is 265 g/mol. The monoisotopic (exact) mass is 265 g/mol. The van der Waals surface area contributed by atoms with Crippen molar-refractivity contribution in [1.29, 1.82) is 0 Å². The van der Waals surface area contributed by atoms with Gasteiger partial charge in [-0.25, -0.2) is 0 Å². The summed E-state index contributed by atoms with van der Waals surface area (Å²) in [5, 5.41) is 0. The van der Waals surface area contributed by atoms with Crippen molar-refractivity contribution in [3.63, 3.8) is 0 Å². The van der Waals surface area contributed by atoms with Crippen LogP contribution in [-0.2, 0) is 13.6 Å². The Kier molecular flexibility index (Phi) is 3.85. The Morgan fingerprint density at radius 3 is 2.89 bits per heavy atom. The average Bonchev–Trinajstić information content (AvgIpc) is 2.63. The van der Waals surface area contributed by atoms with E-state index in [1.807, 2.05) is 13.1 Å². The molecule has 0 saturated heterocycles. The summed E-state index contributed by atoms with van der Waals surface area (Å²) in [5.41, 5.74) is 7.87. The second-order valence-electron chi connectivity index (χ2n) is 4.73. The van der Waals surface area contributed by atoms with Gasteiger partial charge in [0.25, 0.3) is 0 Å². The molecular formula is C13H19N3OS. The number of benzene rings is 1. The Balaban J connectivity index is 2.28. The molecule has 2 N–H and O–H groups in total. The van der Waals surface area contributed by atoms with Gasteiger partial charge in [-0.3, -0.25) is 9.69 Å². The van der Waals surface area contributed by atoms with E-state index in [1.54, 1.807) is 4.57 Å². The SMILES string of the molecule is CC(CN)N(C)Cc1ccc2c(c1)sc(=O)n2C. The Bertz CT molecular complexity index is 602. The van der Waals surface area contributed by atoms with Crippen LogP contribution in [0.25, 0.3) is 10.2 Å². The summed E-state index contributed by atoms with van der Waals surface area (Å²) >= 11 is 1.30. The van der Waals surface area contributed by atoms with E-state index in [-0.39, 0.29) is 4.87 Å². The molecule has 1 aromatic carbocycles. The van der Waals surface area contributed by atoms with E-state index in [9.17, 15) is 4.79 Å². The molecular weight excluding hydrogens is 246 g/mol. The van der Waals surface area contributed by atoms with Crippen LogP contribution in [0.5, 0.6) is 0 Å². The third-order valence-corrected chi connectivity index (χ3v) is 4.38. The number of hydrogen-bond acceptors (Lipinski definition) is 4.